The Hall–Kier alpha value is -2.82. The Labute approximate surface area is 134 Å². The van der Waals surface area contributed by atoms with Crippen LogP contribution in [0.15, 0.2) is 46.9 Å². The van der Waals surface area contributed by atoms with Crippen molar-refractivity contribution in [1.82, 2.24) is 4.98 Å². The summed E-state index contributed by atoms with van der Waals surface area (Å²) in [6, 6.07) is 13.0. The normalized spacial score (nSPS) is 10.7. The fourth-order valence-electron chi connectivity index (χ4n) is 2.30. The molecule has 5 heteroatoms. The minimum absolute atomic E-state index is 0.0224. The number of methoxy groups -OCH3 is 1. The third-order valence-corrected chi connectivity index (χ3v) is 3.49. The SMILES string of the molecule is CCCC(=O)Nc1ccc(-c2nc3cc(OC)ccc3o2)cc1. The van der Waals surface area contributed by atoms with E-state index in [9.17, 15) is 4.79 Å². The van der Waals surface area contributed by atoms with E-state index in [2.05, 4.69) is 10.3 Å². The second-order valence-corrected chi connectivity index (χ2v) is 5.23. The van der Waals surface area contributed by atoms with Crippen LogP contribution in [0.5, 0.6) is 5.75 Å². The molecule has 118 valence electrons. The lowest BCUT2D eigenvalue weighted by Crippen LogP contribution is -2.10. The van der Waals surface area contributed by atoms with Gasteiger partial charge in [-0.3, -0.25) is 4.79 Å². The van der Waals surface area contributed by atoms with Crippen molar-refractivity contribution < 1.29 is 13.9 Å². The first-order valence-electron chi connectivity index (χ1n) is 7.54. The molecule has 3 rings (SSSR count). The molecule has 0 atom stereocenters. The first-order chi connectivity index (χ1) is 11.2. The van der Waals surface area contributed by atoms with E-state index in [1.54, 1.807) is 7.11 Å². The number of fused-ring (bicyclic) bond motifs is 1. The number of amides is 1. The van der Waals surface area contributed by atoms with Crippen LogP contribution in [0.4, 0.5) is 5.69 Å². The smallest absolute Gasteiger partial charge is 0.227 e. The van der Waals surface area contributed by atoms with Gasteiger partial charge in [0.2, 0.25) is 11.8 Å². The number of oxazole rings is 1. The number of nitrogens with zero attached hydrogens (tertiary/aromatic N) is 1. The number of hydrogen-bond acceptors (Lipinski definition) is 4. The Morgan fingerprint density at radius 2 is 2.00 bits per heavy atom. The van der Waals surface area contributed by atoms with Gasteiger partial charge in [0.1, 0.15) is 11.3 Å². The van der Waals surface area contributed by atoms with E-state index < -0.39 is 0 Å². The molecule has 2 aromatic carbocycles. The lowest BCUT2D eigenvalue weighted by atomic mass is 10.2. The first kappa shape index (κ1) is 15.1. The first-order valence-corrected chi connectivity index (χ1v) is 7.54. The van der Waals surface area contributed by atoms with Gasteiger partial charge in [0.05, 0.1) is 7.11 Å². The standard InChI is InChI=1S/C18H18N2O3/c1-3-4-17(21)19-13-7-5-12(6-8-13)18-20-15-11-14(22-2)9-10-16(15)23-18/h5-11H,3-4H2,1-2H3,(H,19,21). The zero-order chi connectivity index (χ0) is 16.2. The van der Waals surface area contributed by atoms with E-state index in [4.69, 9.17) is 9.15 Å². The molecule has 0 fully saturated rings. The number of carbonyl (C=O) groups is 1. The predicted octanol–water partition coefficient (Wildman–Crippen LogP) is 4.24. The van der Waals surface area contributed by atoms with Gasteiger partial charge < -0.3 is 14.5 Å². The highest BCUT2D eigenvalue weighted by Gasteiger charge is 2.09. The molecule has 1 N–H and O–H groups in total. The lowest BCUT2D eigenvalue weighted by Gasteiger charge is -2.04. The van der Waals surface area contributed by atoms with Crippen LogP contribution in [0.1, 0.15) is 19.8 Å². The summed E-state index contributed by atoms with van der Waals surface area (Å²) in [5.74, 6) is 1.31. The molecule has 1 amide bonds. The summed E-state index contributed by atoms with van der Waals surface area (Å²) in [5, 5.41) is 2.86. The average Bonchev–Trinajstić information content (AvgIpc) is 2.98. The molecule has 1 aromatic heterocycles. The highest BCUT2D eigenvalue weighted by Crippen LogP contribution is 2.27. The van der Waals surface area contributed by atoms with Crippen molar-refractivity contribution in [2.24, 2.45) is 0 Å². The third-order valence-electron chi connectivity index (χ3n) is 3.49. The van der Waals surface area contributed by atoms with Gasteiger partial charge in [0.15, 0.2) is 5.58 Å². The van der Waals surface area contributed by atoms with Crippen LogP contribution < -0.4 is 10.1 Å². The van der Waals surface area contributed by atoms with Gasteiger partial charge in [-0.15, -0.1) is 0 Å². The Morgan fingerprint density at radius 3 is 2.70 bits per heavy atom. The van der Waals surface area contributed by atoms with Gasteiger partial charge in [0.25, 0.3) is 0 Å². The molecular weight excluding hydrogens is 292 g/mol. The van der Waals surface area contributed by atoms with E-state index in [0.29, 0.717) is 17.9 Å². The number of benzene rings is 2. The van der Waals surface area contributed by atoms with Crippen LogP contribution in [0.3, 0.4) is 0 Å². The minimum Gasteiger partial charge on any atom is -0.497 e. The second-order valence-electron chi connectivity index (χ2n) is 5.23. The molecule has 1 heterocycles. The monoisotopic (exact) mass is 310 g/mol. The summed E-state index contributed by atoms with van der Waals surface area (Å²) in [6.07, 6.45) is 1.35. The van der Waals surface area contributed by atoms with Crippen molar-refractivity contribution >= 4 is 22.7 Å². The van der Waals surface area contributed by atoms with Crippen molar-refractivity contribution in [1.29, 1.82) is 0 Å². The third kappa shape index (κ3) is 3.34. The Balaban J connectivity index is 1.82. The van der Waals surface area contributed by atoms with E-state index >= 15 is 0 Å². The molecule has 0 aliphatic rings. The van der Waals surface area contributed by atoms with Crippen molar-refractivity contribution in [3.05, 3.63) is 42.5 Å². The average molecular weight is 310 g/mol. The summed E-state index contributed by atoms with van der Waals surface area (Å²) < 4.78 is 10.9. The van der Waals surface area contributed by atoms with E-state index in [1.807, 2.05) is 49.4 Å². The number of hydrogen-bond donors (Lipinski definition) is 1. The molecule has 0 aliphatic carbocycles. The number of anilines is 1. The zero-order valence-corrected chi connectivity index (χ0v) is 13.1. The van der Waals surface area contributed by atoms with Crippen molar-refractivity contribution in [2.75, 3.05) is 12.4 Å². The number of rotatable bonds is 5. The molecule has 0 aliphatic heterocycles. The molecule has 0 radical (unpaired) electrons. The summed E-state index contributed by atoms with van der Waals surface area (Å²) in [4.78, 5) is 16.1. The highest BCUT2D eigenvalue weighted by atomic mass is 16.5. The van der Waals surface area contributed by atoms with E-state index in [1.165, 1.54) is 0 Å². The fraction of sp³-hybridized carbons (Fsp3) is 0.222. The lowest BCUT2D eigenvalue weighted by molar-refractivity contribution is -0.116. The van der Waals surface area contributed by atoms with Crippen LogP contribution in [0, 0.1) is 0 Å². The fourth-order valence-corrected chi connectivity index (χ4v) is 2.30. The largest absolute Gasteiger partial charge is 0.497 e. The van der Waals surface area contributed by atoms with Crippen LogP contribution in [0.25, 0.3) is 22.6 Å². The molecule has 0 spiro atoms. The van der Waals surface area contributed by atoms with Gasteiger partial charge in [0, 0.05) is 23.7 Å². The molecule has 0 saturated heterocycles. The van der Waals surface area contributed by atoms with Crippen LogP contribution >= 0.6 is 0 Å². The number of ether oxygens (including phenoxy) is 1. The molecule has 0 unspecified atom stereocenters. The second kappa shape index (κ2) is 6.52. The van der Waals surface area contributed by atoms with Gasteiger partial charge in [-0.2, -0.15) is 0 Å². The number of nitrogens with one attached hydrogen (secondary N) is 1. The maximum atomic E-state index is 11.6. The summed E-state index contributed by atoms with van der Waals surface area (Å²) in [5.41, 5.74) is 3.08. The Morgan fingerprint density at radius 1 is 1.22 bits per heavy atom. The van der Waals surface area contributed by atoms with E-state index in [-0.39, 0.29) is 5.91 Å². The molecule has 0 bridgehead atoms. The predicted molar refractivity (Wildman–Crippen MR) is 89.5 cm³/mol. The topological polar surface area (TPSA) is 64.4 Å². The van der Waals surface area contributed by atoms with Crippen molar-refractivity contribution in [3.63, 3.8) is 0 Å². The van der Waals surface area contributed by atoms with Gasteiger partial charge in [-0.25, -0.2) is 4.98 Å². The molecular formula is C18H18N2O3. The zero-order valence-electron chi connectivity index (χ0n) is 13.1. The van der Waals surface area contributed by atoms with E-state index in [0.717, 1.165) is 28.9 Å². The Bertz CT molecular complexity index is 822. The van der Waals surface area contributed by atoms with Crippen molar-refractivity contribution in [2.45, 2.75) is 19.8 Å². The molecule has 0 saturated carbocycles. The van der Waals surface area contributed by atoms with Gasteiger partial charge >= 0.3 is 0 Å². The number of carbonyl (C=O) groups excluding carboxylic acids is 1. The summed E-state index contributed by atoms with van der Waals surface area (Å²) in [6.45, 7) is 1.98. The maximum Gasteiger partial charge on any atom is 0.227 e. The highest BCUT2D eigenvalue weighted by molar-refractivity contribution is 5.90. The van der Waals surface area contributed by atoms with Crippen LogP contribution in [-0.2, 0) is 4.79 Å². The van der Waals surface area contributed by atoms with Gasteiger partial charge in [-0.1, -0.05) is 6.92 Å². The summed E-state index contributed by atoms with van der Waals surface area (Å²) in [7, 11) is 1.62. The van der Waals surface area contributed by atoms with Crippen LogP contribution in [-0.4, -0.2) is 18.0 Å². The van der Waals surface area contributed by atoms with Crippen LogP contribution in [0.2, 0.25) is 0 Å². The quantitative estimate of drug-likeness (QED) is 0.765. The molecule has 3 aromatic rings. The maximum absolute atomic E-state index is 11.6. The molecule has 23 heavy (non-hydrogen) atoms. The molecule has 5 nitrogen and oxygen atoms in total. The van der Waals surface area contributed by atoms with Gasteiger partial charge in [-0.05, 0) is 42.8 Å². The summed E-state index contributed by atoms with van der Waals surface area (Å²) >= 11 is 0. The number of aromatic nitrogens is 1. The van der Waals surface area contributed by atoms with Crippen molar-refractivity contribution in [3.8, 4) is 17.2 Å². The Kier molecular flexibility index (Phi) is 4.28. The minimum atomic E-state index is 0.0224.